The molecule has 0 unspecified atom stereocenters. The summed E-state index contributed by atoms with van der Waals surface area (Å²) in [7, 11) is 0. The molecule has 2 fully saturated rings. The Morgan fingerprint density at radius 2 is 2.32 bits per heavy atom. The number of hydrogen-bond donors (Lipinski definition) is 0. The van der Waals surface area contributed by atoms with Crippen LogP contribution in [0.25, 0.3) is 0 Å². The molecule has 3 rings (SSSR count). The maximum atomic E-state index is 13.0. The molecule has 22 heavy (non-hydrogen) atoms. The Morgan fingerprint density at radius 1 is 1.50 bits per heavy atom. The van der Waals surface area contributed by atoms with Crippen molar-refractivity contribution in [3.63, 3.8) is 0 Å². The molecule has 1 amide bonds. The molecule has 2 atom stereocenters. The maximum Gasteiger partial charge on any atom is 0.253 e. The van der Waals surface area contributed by atoms with Crippen molar-refractivity contribution >= 4 is 5.91 Å². The molecule has 0 radical (unpaired) electrons. The van der Waals surface area contributed by atoms with Crippen LogP contribution in [-0.2, 0) is 9.53 Å². The van der Waals surface area contributed by atoms with E-state index in [9.17, 15) is 4.79 Å². The average Bonchev–Trinajstić information content (AvgIpc) is 3.40. The Morgan fingerprint density at radius 3 is 2.95 bits per heavy atom. The molecule has 2 aliphatic rings. The predicted molar refractivity (Wildman–Crippen MR) is 84.4 cm³/mol. The van der Waals surface area contributed by atoms with E-state index >= 15 is 0 Å². The minimum Gasteiger partial charge on any atom is -0.366 e. The molecular formula is C17H25N3O2. The molecular weight excluding hydrogens is 278 g/mol. The van der Waals surface area contributed by atoms with E-state index in [2.05, 4.69) is 23.7 Å². The third kappa shape index (κ3) is 3.31. The van der Waals surface area contributed by atoms with Crippen LogP contribution >= 0.6 is 0 Å². The fourth-order valence-electron chi connectivity index (χ4n) is 3.11. The standard InChI is InChI=1S/C17H25N3O2/c1-3-19-10-11-22-16(12-19)17(21)20(14-7-8-14)13(2)15-6-4-5-9-18-15/h4-6,9,13-14,16H,3,7-8,10-12H2,1-2H3/t13-,16-/m1/s1. The lowest BCUT2D eigenvalue weighted by Crippen LogP contribution is -2.52. The van der Waals surface area contributed by atoms with Crippen molar-refractivity contribution < 1.29 is 9.53 Å². The highest BCUT2D eigenvalue weighted by Crippen LogP contribution is 2.34. The van der Waals surface area contributed by atoms with Gasteiger partial charge in [0.1, 0.15) is 6.10 Å². The lowest BCUT2D eigenvalue weighted by molar-refractivity contribution is -0.152. The van der Waals surface area contributed by atoms with E-state index in [-0.39, 0.29) is 18.1 Å². The molecule has 1 aliphatic carbocycles. The van der Waals surface area contributed by atoms with Gasteiger partial charge in [0.05, 0.1) is 18.3 Å². The summed E-state index contributed by atoms with van der Waals surface area (Å²) in [6.45, 7) is 7.42. The van der Waals surface area contributed by atoms with Gasteiger partial charge in [0.15, 0.2) is 0 Å². The minimum absolute atomic E-state index is 0.00167. The molecule has 0 bridgehead atoms. The average molecular weight is 303 g/mol. The van der Waals surface area contributed by atoms with Crippen molar-refractivity contribution in [3.8, 4) is 0 Å². The Balaban J connectivity index is 1.74. The number of pyridine rings is 1. The van der Waals surface area contributed by atoms with Crippen molar-refractivity contribution in [1.29, 1.82) is 0 Å². The highest BCUT2D eigenvalue weighted by molar-refractivity contribution is 5.82. The lowest BCUT2D eigenvalue weighted by atomic mass is 10.1. The first-order chi connectivity index (χ1) is 10.7. The van der Waals surface area contributed by atoms with Crippen LogP contribution < -0.4 is 0 Å². The third-order valence-corrected chi connectivity index (χ3v) is 4.60. The van der Waals surface area contributed by atoms with E-state index < -0.39 is 0 Å². The summed E-state index contributed by atoms with van der Waals surface area (Å²) >= 11 is 0. The summed E-state index contributed by atoms with van der Waals surface area (Å²) in [6.07, 6.45) is 3.64. The molecule has 0 aromatic carbocycles. The Kier molecular flexibility index (Phi) is 4.74. The Bertz CT molecular complexity index is 504. The first kappa shape index (κ1) is 15.4. The molecule has 2 heterocycles. The third-order valence-electron chi connectivity index (χ3n) is 4.60. The minimum atomic E-state index is -0.333. The topological polar surface area (TPSA) is 45.7 Å². The van der Waals surface area contributed by atoms with Crippen molar-refractivity contribution in [1.82, 2.24) is 14.8 Å². The summed E-state index contributed by atoms with van der Waals surface area (Å²) in [6, 6.07) is 6.23. The first-order valence-corrected chi connectivity index (χ1v) is 8.27. The number of ether oxygens (including phenoxy) is 1. The van der Waals surface area contributed by atoms with E-state index in [1.54, 1.807) is 6.20 Å². The van der Waals surface area contributed by atoms with Crippen LogP contribution in [0.4, 0.5) is 0 Å². The Hall–Kier alpha value is -1.46. The fourth-order valence-corrected chi connectivity index (χ4v) is 3.11. The van der Waals surface area contributed by atoms with Crippen molar-refractivity contribution in [2.75, 3.05) is 26.2 Å². The predicted octanol–water partition coefficient (Wildman–Crippen LogP) is 1.85. The zero-order valence-electron chi connectivity index (χ0n) is 13.4. The molecule has 1 saturated heterocycles. The zero-order chi connectivity index (χ0) is 15.5. The lowest BCUT2D eigenvalue weighted by Gasteiger charge is -2.36. The highest BCUT2D eigenvalue weighted by Gasteiger charge is 2.40. The van der Waals surface area contributed by atoms with E-state index in [1.165, 1.54) is 0 Å². The van der Waals surface area contributed by atoms with E-state index in [1.807, 2.05) is 23.1 Å². The van der Waals surface area contributed by atoms with Gasteiger partial charge in [-0.15, -0.1) is 0 Å². The summed E-state index contributed by atoms with van der Waals surface area (Å²) in [5.41, 5.74) is 0.950. The molecule has 120 valence electrons. The van der Waals surface area contributed by atoms with Crippen molar-refractivity contribution in [2.45, 2.75) is 44.9 Å². The number of morpholine rings is 1. The summed E-state index contributed by atoms with van der Waals surface area (Å²) in [5, 5.41) is 0. The van der Waals surface area contributed by atoms with Crippen LogP contribution in [0.2, 0.25) is 0 Å². The zero-order valence-corrected chi connectivity index (χ0v) is 13.4. The second kappa shape index (κ2) is 6.75. The summed E-state index contributed by atoms with van der Waals surface area (Å²) < 4.78 is 5.76. The molecule has 1 saturated carbocycles. The van der Waals surface area contributed by atoms with E-state index in [0.29, 0.717) is 19.2 Å². The van der Waals surface area contributed by atoms with Crippen LogP contribution in [0.15, 0.2) is 24.4 Å². The number of rotatable bonds is 5. The molecule has 5 heteroatoms. The van der Waals surface area contributed by atoms with Gasteiger partial charge < -0.3 is 9.64 Å². The number of aromatic nitrogens is 1. The molecule has 5 nitrogen and oxygen atoms in total. The van der Waals surface area contributed by atoms with Crippen molar-refractivity contribution in [2.24, 2.45) is 0 Å². The summed E-state index contributed by atoms with van der Waals surface area (Å²) in [4.78, 5) is 21.7. The highest BCUT2D eigenvalue weighted by atomic mass is 16.5. The number of hydrogen-bond acceptors (Lipinski definition) is 4. The monoisotopic (exact) mass is 303 g/mol. The number of amides is 1. The molecule has 1 aliphatic heterocycles. The quantitative estimate of drug-likeness (QED) is 0.833. The number of carbonyl (C=O) groups is 1. The summed E-state index contributed by atoms with van der Waals surface area (Å²) in [5.74, 6) is 0.124. The van der Waals surface area contributed by atoms with Crippen LogP contribution in [0.1, 0.15) is 38.4 Å². The largest absolute Gasteiger partial charge is 0.366 e. The van der Waals surface area contributed by atoms with Crippen LogP contribution in [-0.4, -0.2) is 59.1 Å². The smallest absolute Gasteiger partial charge is 0.253 e. The van der Waals surface area contributed by atoms with Crippen LogP contribution in [0, 0.1) is 0 Å². The van der Waals surface area contributed by atoms with Gasteiger partial charge >= 0.3 is 0 Å². The fraction of sp³-hybridized carbons (Fsp3) is 0.647. The van der Waals surface area contributed by atoms with E-state index in [4.69, 9.17) is 4.74 Å². The Labute approximate surface area is 132 Å². The van der Waals surface area contributed by atoms with Crippen LogP contribution in [0.3, 0.4) is 0 Å². The van der Waals surface area contributed by atoms with Gasteiger partial charge in [-0.25, -0.2) is 0 Å². The van der Waals surface area contributed by atoms with Gasteiger partial charge in [-0.3, -0.25) is 14.7 Å². The maximum absolute atomic E-state index is 13.0. The second-order valence-corrected chi connectivity index (χ2v) is 6.16. The first-order valence-electron chi connectivity index (χ1n) is 8.27. The normalized spacial score (nSPS) is 24.0. The van der Waals surface area contributed by atoms with Gasteiger partial charge in [-0.05, 0) is 38.4 Å². The van der Waals surface area contributed by atoms with Gasteiger partial charge in [0.25, 0.3) is 5.91 Å². The van der Waals surface area contributed by atoms with E-state index in [0.717, 1.165) is 31.6 Å². The van der Waals surface area contributed by atoms with Gasteiger partial charge in [0, 0.05) is 25.3 Å². The molecule has 0 spiro atoms. The molecule has 1 aromatic heterocycles. The van der Waals surface area contributed by atoms with Gasteiger partial charge in [-0.1, -0.05) is 13.0 Å². The molecule has 1 aromatic rings. The van der Waals surface area contributed by atoms with Crippen LogP contribution in [0.5, 0.6) is 0 Å². The van der Waals surface area contributed by atoms with Crippen molar-refractivity contribution in [3.05, 3.63) is 30.1 Å². The second-order valence-electron chi connectivity index (χ2n) is 6.16. The number of likely N-dealkylation sites (N-methyl/N-ethyl adjacent to an activating group) is 1. The van der Waals surface area contributed by atoms with Gasteiger partial charge in [-0.2, -0.15) is 0 Å². The van der Waals surface area contributed by atoms with Gasteiger partial charge in [0.2, 0.25) is 0 Å². The number of carbonyl (C=O) groups excluding carboxylic acids is 1. The molecule has 0 N–H and O–H groups in total. The SMILES string of the molecule is CCN1CCO[C@@H](C(=O)N(C2CC2)[C@H](C)c2ccccn2)C1. The number of nitrogens with zero attached hydrogens (tertiary/aromatic N) is 3.